The number of alkyl halides is 2. The Labute approximate surface area is 632 Å². The fraction of sp³-hybridized carbons (Fsp3) is 0.853. The van der Waals surface area contributed by atoms with Crippen LogP contribution in [0, 0.1) is 17.2 Å². The largest absolute Gasteiger partial charge is 1.00 e. The van der Waals surface area contributed by atoms with Gasteiger partial charge in [0.15, 0.2) is 5.82 Å². The van der Waals surface area contributed by atoms with E-state index < -0.39 is 114 Å². The number of carbonyl (C=O) groups excluding carboxylic acids is 1. The van der Waals surface area contributed by atoms with Crippen molar-refractivity contribution >= 4 is 87.4 Å². The number of halogens is 2. The van der Waals surface area contributed by atoms with E-state index in [1.807, 2.05) is 4.90 Å². The van der Waals surface area contributed by atoms with Crippen molar-refractivity contribution in [2.24, 2.45) is 16.1 Å². The number of hydrogen-bond donors (Lipinski definition) is 1. The zero-order chi connectivity index (χ0) is 47.8. The van der Waals surface area contributed by atoms with Crippen molar-refractivity contribution < 1.29 is 328 Å². The van der Waals surface area contributed by atoms with Crippen LogP contribution in [0.1, 0.15) is 114 Å². The third kappa shape index (κ3) is 26.0. The molecule has 35 heteroatoms. The van der Waals surface area contributed by atoms with Crippen LogP contribution >= 0.6 is 35.2 Å². The predicted molar refractivity (Wildman–Crippen MR) is 223 cm³/mol. The Morgan fingerprint density at radius 2 is 1.36 bits per heavy atom. The van der Waals surface area contributed by atoms with E-state index in [9.17, 15) is 67.2 Å². The number of nitriles is 1. The minimum absolute atomic E-state index is 0. The molecule has 23 nitrogen and oxygen atoms in total. The van der Waals surface area contributed by atoms with E-state index >= 15 is 0 Å². The summed E-state index contributed by atoms with van der Waals surface area (Å²) in [5, 5.41) is 35.2. The van der Waals surface area contributed by atoms with Crippen LogP contribution in [0.4, 0.5) is 5.82 Å². The minimum atomic E-state index is -4.91. The Hall–Kier alpha value is 6.36. The smallest absolute Gasteiger partial charge is 0.748 e. The van der Waals surface area contributed by atoms with Crippen molar-refractivity contribution in [3.05, 3.63) is 11.3 Å². The average Bonchev–Trinajstić information content (AvgIpc) is 3.55. The molecule has 366 valence electrons. The molecule has 3 fully saturated rings. The quantitative estimate of drug-likeness (QED) is 0.0165. The monoisotopic (exact) mass is 1240 g/mol. The number of nitrogens with zero attached hydrogens (tertiary/aromatic N) is 6. The Bertz CT molecular complexity index is 2260. The van der Waals surface area contributed by atoms with Gasteiger partial charge in [-0.3, -0.25) is 9.83 Å². The van der Waals surface area contributed by atoms with Crippen LogP contribution < -0.4 is 267 Å². The summed E-state index contributed by atoms with van der Waals surface area (Å²) in [6.07, 6.45) is 0.0544. The molecule has 0 aromatic carbocycles. The number of unbranched alkanes of at least 4 members (excludes halogenated alkanes) is 2. The number of nitrogens with one attached hydrogen (secondary N) is 1. The van der Waals surface area contributed by atoms with Gasteiger partial charge in [-0.2, -0.15) is 19.8 Å². The van der Waals surface area contributed by atoms with Gasteiger partial charge < -0.3 is 33.7 Å². The second kappa shape index (κ2) is 36.1. The molecule has 69 heavy (non-hydrogen) atoms. The maximum absolute atomic E-state index is 14.1. The molecule has 3 aliphatic carbocycles. The molecule has 1 N–H and O–H groups in total. The zero-order valence-electron chi connectivity index (χ0n) is 39.7. The number of azo groups is 1. The fourth-order valence-electron chi connectivity index (χ4n) is 8.57. The molecule has 4 rings (SSSR count). The van der Waals surface area contributed by atoms with Crippen molar-refractivity contribution in [1.82, 2.24) is 20.0 Å². The first kappa shape index (κ1) is 77.4. The first-order valence-electron chi connectivity index (χ1n) is 20.4. The van der Waals surface area contributed by atoms with Crippen LogP contribution in [0.3, 0.4) is 0 Å². The van der Waals surface area contributed by atoms with Crippen LogP contribution in [0.15, 0.2) is 10.2 Å². The molecule has 3 aliphatic rings. The molecular weight excluding hydrogens is 1190 g/mol. The Morgan fingerprint density at radius 3 is 1.83 bits per heavy atom. The molecule has 0 spiro atoms. The van der Waals surface area contributed by atoms with E-state index in [0.29, 0.717) is 24.2 Å². The number of hydrogen-bond acceptors (Lipinski definition) is 22. The van der Waals surface area contributed by atoms with Gasteiger partial charge in [0.25, 0.3) is 0 Å². The normalized spacial score (nSPS) is 26.6. The summed E-state index contributed by atoms with van der Waals surface area (Å²) in [4.78, 5) is 16.0. The van der Waals surface area contributed by atoms with E-state index in [0.717, 1.165) is 0 Å². The number of amides is 1. The molecule has 1 aromatic rings. The van der Waals surface area contributed by atoms with Crippen molar-refractivity contribution in [3.8, 4) is 6.07 Å². The van der Waals surface area contributed by atoms with Gasteiger partial charge in [0, 0.05) is 40.8 Å². The molecule has 0 radical (unpaired) electrons. The van der Waals surface area contributed by atoms with Crippen LogP contribution in [-0.2, 0) is 54.6 Å². The molecule has 1 aromatic heterocycles. The summed E-state index contributed by atoms with van der Waals surface area (Å²) in [6, 6.07) is -1.02. The van der Waals surface area contributed by atoms with Gasteiger partial charge >= 0.3 is 257 Å². The summed E-state index contributed by atoms with van der Waals surface area (Å²) < 4.78 is 146. The van der Waals surface area contributed by atoms with Gasteiger partial charge in [-0.1, -0.05) is 13.8 Å². The molecular formula is C34H50Cl2K5N7O16S5. The molecule has 0 aliphatic heterocycles. The predicted octanol–water partition coefficient (Wildman–Crippen LogP) is -13.2. The number of carbonyl (C=O) groups is 1. The molecule has 8 unspecified atom stereocenters. The third-order valence-electron chi connectivity index (χ3n) is 11.7. The van der Waals surface area contributed by atoms with Crippen LogP contribution in [0.2, 0.25) is 0 Å². The summed E-state index contributed by atoms with van der Waals surface area (Å²) >= 11 is 13.9. The number of rotatable bonds is 22. The van der Waals surface area contributed by atoms with E-state index in [1.54, 1.807) is 13.8 Å². The molecule has 1 amide bonds. The molecule has 0 bridgehead atoms. The summed E-state index contributed by atoms with van der Waals surface area (Å²) in [7, 11) is -18.7. The summed E-state index contributed by atoms with van der Waals surface area (Å²) in [5.41, 5.74) is 0.297. The maximum Gasteiger partial charge on any atom is 1.00 e. The van der Waals surface area contributed by atoms with Crippen molar-refractivity contribution in [2.45, 2.75) is 147 Å². The van der Waals surface area contributed by atoms with Crippen LogP contribution in [-0.4, -0.2) is 142 Å². The van der Waals surface area contributed by atoms with Crippen LogP contribution in [0.25, 0.3) is 0 Å². The average molecular weight is 1240 g/mol. The van der Waals surface area contributed by atoms with Gasteiger partial charge in [-0.25, -0.2) is 38.4 Å². The second-order valence-electron chi connectivity index (χ2n) is 16.6. The van der Waals surface area contributed by atoms with Crippen molar-refractivity contribution in [1.29, 1.82) is 5.26 Å². The maximum atomic E-state index is 14.1. The molecule has 8 atom stereocenters. The second-order valence-corrected chi connectivity index (χ2v) is 25.1. The van der Waals surface area contributed by atoms with E-state index in [-0.39, 0.29) is 358 Å². The topological polar surface area (TPSA) is 369 Å². The minimum Gasteiger partial charge on any atom is -0.748 e. The fourth-order valence-corrected chi connectivity index (χ4v) is 13.7. The molecule has 3 saturated carbocycles. The third-order valence-corrected chi connectivity index (χ3v) is 17.3. The van der Waals surface area contributed by atoms with Gasteiger partial charge in [0.1, 0.15) is 11.6 Å². The van der Waals surface area contributed by atoms with Gasteiger partial charge in [0.2, 0.25) is 5.91 Å². The van der Waals surface area contributed by atoms with Crippen molar-refractivity contribution in [3.63, 3.8) is 0 Å². The zero-order valence-corrected chi connectivity index (χ0v) is 60.9. The van der Waals surface area contributed by atoms with E-state index in [1.165, 1.54) is 4.68 Å². The Kier molecular flexibility index (Phi) is 40.5. The summed E-state index contributed by atoms with van der Waals surface area (Å²) in [5.74, 6) is -3.43. The van der Waals surface area contributed by atoms with Gasteiger partial charge in [-0.05, 0) is 96.1 Å². The molecule has 1 heterocycles. The van der Waals surface area contributed by atoms with Crippen molar-refractivity contribution in [2.75, 3.05) is 24.6 Å². The SMILES string of the molecule is CC(C)c1nn(C2C(Cl)CC(S(=O)(=O)[O-])CC2Cl)c(N=NC2CCC(N(CCCCS(=O)(=O)[O-])CCCCS(=O)(=O)[O-])CC2NC(=O)C2CC(SOO[O-])CC(S(=O)(=O)[O-])C2)c1C#N.[K+].[K+].[K+].[K+].[K+]. The van der Waals surface area contributed by atoms with Crippen LogP contribution in [0.5, 0.6) is 0 Å². The summed E-state index contributed by atoms with van der Waals surface area (Å²) in [6.45, 7) is 4.00. The molecule has 0 saturated heterocycles. The first-order valence-corrected chi connectivity index (χ1v) is 28.1. The van der Waals surface area contributed by atoms with Gasteiger partial charge in [0.05, 0.1) is 85.5 Å². The standard InChI is InChI=1S/C34H55Cl2N7O16S5.5K/c1-20(2)31-26(19-37)33(43(41-31)32-27(35)17-25(18-28(32)36)64(55,56)57)40-39-29-8-7-22(42(9-3-5-11-61(46,47)48)10-4-6-12-62(49,50)51)15-30(29)38-34(44)21-13-23(60-59-58-45)16-24(14-21)63(52,53)54;;;;;/h20-25,27-30,32,45H,3-18H2,1-2H3,(H,38,44)(H,46,47,48)(H,49,50,51)(H,52,53,54)(H,55,56,57);;;;;/q;5*+1/p-5. The van der Waals surface area contributed by atoms with E-state index in [4.69, 9.17) is 23.2 Å². The van der Waals surface area contributed by atoms with Gasteiger partial charge in [-0.15, -0.1) is 28.3 Å². The first-order chi connectivity index (χ1) is 29.7. The number of aromatic nitrogens is 2. The Morgan fingerprint density at radius 1 is 0.841 bits per heavy atom. The van der Waals surface area contributed by atoms with E-state index in [2.05, 4.69) is 36.1 Å². The Balaban J connectivity index is 0.